The van der Waals surface area contributed by atoms with Crippen molar-refractivity contribution in [2.45, 2.75) is 26.3 Å². The molecule has 0 aliphatic heterocycles. The zero-order valence-electron chi connectivity index (χ0n) is 11.6. The van der Waals surface area contributed by atoms with Crippen molar-refractivity contribution in [3.63, 3.8) is 0 Å². The summed E-state index contributed by atoms with van der Waals surface area (Å²) in [5.41, 5.74) is 0.961. The molecule has 5 nitrogen and oxygen atoms in total. The van der Waals surface area contributed by atoms with Crippen LogP contribution in [0.5, 0.6) is 0 Å². The summed E-state index contributed by atoms with van der Waals surface area (Å²) in [6, 6.07) is 6.74. The molecule has 110 valence electrons. The molecule has 1 aromatic carbocycles. The number of carbonyl (C=O) groups is 2. The third-order valence-electron chi connectivity index (χ3n) is 2.68. The molecule has 0 saturated carbocycles. The molecule has 0 aliphatic rings. The predicted octanol–water partition coefficient (Wildman–Crippen LogP) is 2.65. The number of urea groups is 1. The van der Waals surface area contributed by atoms with Crippen LogP contribution in [0, 0.1) is 0 Å². The first-order valence-electron chi connectivity index (χ1n) is 6.52. The van der Waals surface area contributed by atoms with Crippen LogP contribution < -0.4 is 10.6 Å². The molecular formula is C14H19ClN2O3. The first-order chi connectivity index (χ1) is 9.56. The van der Waals surface area contributed by atoms with Gasteiger partial charge in [0.1, 0.15) is 6.54 Å². The Morgan fingerprint density at radius 3 is 2.45 bits per heavy atom. The smallest absolute Gasteiger partial charge is 0.325 e. The molecular weight excluding hydrogens is 280 g/mol. The van der Waals surface area contributed by atoms with Gasteiger partial charge >= 0.3 is 12.0 Å². The van der Waals surface area contributed by atoms with Crippen molar-refractivity contribution in [3.05, 3.63) is 34.9 Å². The number of amides is 2. The van der Waals surface area contributed by atoms with Crippen molar-refractivity contribution in [2.75, 3.05) is 13.2 Å². The van der Waals surface area contributed by atoms with Crippen molar-refractivity contribution in [1.29, 1.82) is 0 Å². The Balaban J connectivity index is 2.49. The van der Waals surface area contributed by atoms with Crippen LogP contribution in [0.4, 0.5) is 4.79 Å². The molecule has 0 aliphatic carbocycles. The molecule has 0 saturated heterocycles. The average Bonchev–Trinajstić information content (AvgIpc) is 2.44. The number of halogens is 1. The Hall–Kier alpha value is -1.75. The van der Waals surface area contributed by atoms with Gasteiger partial charge < -0.3 is 15.4 Å². The fourth-order valence-corrected chi connectivity index (χ4v) is 1.82. The second-order valence-electron chi connectivity index (χ2n) is 4.14. The van der Waals surface area contributed by atoms with Gasteiger partial charge in [0.05, 0.1) is 12.6 Å². The molecule has 0 bridgehead atoms. The lowest BCUT2D eigenvalue weighted by Gasteiger charge is -2.17. The molecule has 2 N–H and O–H groups in total. The maximum Gasteiger partial charge on any atom is 0.325 e. The summed E-state index contributed by atoms with van der Waals surface area (Å²) in [4.78, 5) is 22.8. The summed E-state index contributed by atoms with van der Waals surface area (Å²) < 4.78 is 4.73. The first-order valence-corrected chi connectivity index (χ1v) is 6.90. The standard InChI is InChI=1S/C14H19ClN2O3/c1-3-12(10-5-7-11(15)8-6-10)17-14(19)16-9-13(18)20-4-2/h5-8,12H,3-4,9H2,1-2H3,(H2,16,17,19)/t12-/m0/s1. The van der Waals surface area contributed by atoms with Crippen LogP contribution in [0.1, 0.15) is 31.9 Å². The van der Waals surface area contributed by atoms with Crippen LogP contribution in [-0.4, -0.2) is 25.2 Å². The molecule has 0 spiro atoms. The zero-order chi connectivity index (χ0) is 15.0. The van der Waals surface area contributed by atoms with E-state index in [1.54, 1.807) is 19.1 Å². The van der Waals surface area contributed by atoms with Crippen LogP contribution in [0.3, 0.4) is 0 Å². The molecule has 0 heterocycles. The van der Waals surface area contributed by atoms with Gasteiger partial charge in [0.2, 0.25) is 0 Å². The summed E-state index contributed by atoms with van der Waals surface area (Å²) in [6.45, 7) is 3.83. The third-order valence-corrected chi connectivity index (χ3v) is 2.94. The van der Waals surface area contributed by atoms with Gasteiger partial charge in [-0.15, -0.1) is 0 Å². The number of hydrogen-bond donors (Lipinski definition) is 2. The molecule has 0 unspecified atom stereocenters. The van der Waals surface area contributed by atoms with Gasteiger partial charge in [0.25, 0.3) is 0 Å². The Kier molecular flexibility index (Phi) is 6.87. The van der Waals surface area contributed by atoms with E-state index in [1.807, 2.05) is 19.1 Å². The molecule has 1 aromatic rings. The number of carbonyl (C=O) groups excluding carboxylic acids is 2. The first kappa shape index (κ1) is 16.3. The van der Waals surface area contributed by atoms with E-state index in [-0.39, 0.29) is 12.6 Å². The number of esters is 1. The van der Waals surface area contributed by atoms with Crippen LogP contribution in [0.2, 0.25) is 5.02 Å². The quantitative estimate of drug-likeness (QED) is 0.793. The predicted molar refractivity (Wildman–Crippen MR) is 77.7 cm³/mol. The van der Waals surface area contributed by atoms with Crippen molar-refractivity contribution in [3.8, 4) is 0 Å². The maximum absolute atomic E-state index is 11.7. The van der Waals surface area contributed by atoms with Crippen LogP contribution in [-0.2, 0) is 9.53 Å². The summed E-state index contributed by atoms with van der Waals surface area (Å²) >= 11 is 5.83. The summed E-state index contributed by atoms with van der Waals surface area (Å²) in [6.07, 6.45) is 0.731. The maximum atomic E-state index is 11.7. The van der Waals surface area contributed by atoms with Crippen molar-refractivity contribution in [1.82, 2.24) is 10.6 Å². The van der Waals surface area contributed by atoms with E-state index in [0.29, 0.717) is 11.6 Å². The highest BCUT2D eigenvalue weighted by atomic mass is 35.5. The lowest BCUT2D eigenvalue weighted by atomic mass is 10.1. The van der Waals surface area contributed by atoms with Gasteiger partial charge in [0.15, 0.2) is 0 Å². The molecule has 0 radical (unpaired) electrons. The van der Waals surface area contributed by atoms with Gasteiger partial charge in [-0.05, 0) is 31.0 Å². The second-order valence-corrected chi connectivity index (χ2v) is 4.58. The van der Waals surface area contributed by atoms with E-state index in [2.05, 4.69) is 10.6 Å². The van der Waals surface area contributed by atoms with Crippen LogP contribution in [0.15, 0.2) is 24.3 Å². The van der Waals surface area contributed by atoms with E-state index in [0.717, 1.165) is 12.0 Å². The highest BCUT2D eigenvalue weighted by molar-refractivity contribution is 6.30. The Morgan fingerprint density at radius 2 is 1.90 bits per heavy atom. The number of nitrogens with one attached hydrogen (secondary N) is 2. The Morgan fingerprint density at radius 1 is 1.25 bits per heavy atom. The average molecular weight is 299 g/mol. The van der Waals surface area contributed by atoms with Gasteiger partial charge in [0, 0.05) is 5.02 Å². The molecule has 0 aromatic heterocycles. The Labute approximate surface area is 123 Å². The topological polar surface area (TPSA) is 67.4 Å². The lowest BCUT2D eigenvalue weighted by molar-refractivity contribution is -0.141. The fraction of sp³-hybridized carbons (Fsp3) is 0.429. The number of rotatable bonds is 6. The number of hydrogen-bond acceptors (Lipinski definition) is 3. The summed E-state index contributed by atoms with van der Waals surface area (Å²) in [7, 11) is 0. The van der Waals surface area contributed by atoms with Gasteiger partial charge in [-0.3, -0.25) is 4.79 Å². The zero-order valence-corrected chi connectivity index (χ0v) is 12.4. The molecule has 1 atom stereocenters. The van der Waals surface area contributed by atoms with E-state index >= 15 is 0 Å². The van der Waals surface area contributed by atoms with Gasteiger partial charge in [-0.1, -0.05) is 30.7 Å². The van der Waals surface area contributed by atoms with E-state index < -0.39 is 12.0 Å². The minimum Gasteiger partial charge on any atom is -0.465 e. The molecule has 0 fully saturated rings. The lowest BCUT2D eigenvalue weighted by Crippen LogP contribution is -2.40. The fourth-order valence-electron chi connectivity index (χ4n) is 1.69. The van der Waals surface area contributed by atoms with E-state index in [9.17, 15) is 9.59 Å². The Bertz CT molecular complexity index is 448. The van der Waals surface area contributed by atoms with Crippen molar-refractivity contribution in [2.24, 2.45) is 0 Å². The third kappa shape index (κ3) is 5.48. The normalized spacial score (nSPS) is 11.6. The minimum atomic E-state index is -0.456. The minimum absolute atomic E-state index is 0.130. The van der Waals surface area contributed by atoms with Crippen LogP contribution in [0.25, 0.3) is 0 Å². The van der Waals surface area contributed by atoms with E-state index in [4.69, 9.17) is 16.3 Å². The SMILES string of the molecule is CCOC(=O)CNC(=O)N[C@@H](CC)c1ccc(Cl)cc1. The molecule has 6 heteroatoms. The largest absolute Gasteiger partial charge is 0.465 e. The number of ether oxygens (including phenoxy) is 1. The highest BCUT2D eigenvalue weighted by Gasteiger charge is 2.13. The van der Waals surface area contributed by atoms with E-state index in [1.165, 1.54) is 0 Å². The van der Waals surface area contributed by atoms with Gasteiger partial charge in [-0.25, -0.2) is 4.79 Å². The van der Waals surface area contributed by atoms with Crippen molar-refractivity contribution >= 4 is 23.6 Å². The highest BCUT2D eigenvalue weighted by Crippen LogP contribution is 2.18. The van der Waals surface area contributed by atoms with Crippen LogP contribution >= 0.6 is 11.6 Å². The summed E-state index contributed by atoms with van der Waals surface area (Å²) in [5, 5.41) is 5.91. The number of benzene rings is 1. The molecule has 1 rings (SSSR count). The molecule has 20 heavy (non-hydrogen) atoms. The van der Waals surface area contributed by atoms with Gasteiger partial charge in [-0.2, -0.15) is 0 Å². The second kappa shape index (κ2) is 8.43. The van der Waals surface area contributed by atoms with Crippen molar-refractivity contribution < 1.29 is 14.3 Å². The summed E-state index contributed by atoms with van der Waals surface area (Å²) in [5.74, 6) is -0.456. The monoisotopic (exact) mass is 298 g/mol. The molecule has 2 amide bonds.